The van der Waals surface area contributed by atoms with Crippen LogP contribution >= 0.6 is 15.6 Å². The maximum Gasteiger partial charge on any atom is 0.472 e. The van der Waals surface area contributed by atoms with E-state index in [1.165, 1.54) is 128 Å². The number of hydrogen-bond donors (Lipinski definition) is 4. The maximum absolute atomic E-state index is 12.9. The highest BCUT2D eigenvalue weighted by Gasteiger charge is 2.29. The molecule has 572 valence electrons. The number of ether oxygens (including phenoxy) is 3. The Morgan fingerprint density at radius 2 is 0.535 bits per heavy atom. The molecule has 0 aromatic carbocycles. The van der Waals surface area contributed by atoms with Crippen LogP contribution in [0.1, 0.15) is 329 Å². The number of unbranched alkanes of at least 4 members (excludes halogenated alkanes) is 33. The molecular weight excluding hydrogens is 1290 g/mol. The predicted molar refractivity (Wildman–Crippen MR) is 408 cm³/mol. The third-order valence-electron chi connectivity index (χ3n) is 16.5. The molecule has 18 heteroatoms. The summed E-state index contributed by atoms with van der Waals surface area (Å²) in [5.74, 6) is -1.60. The molecule has 0 saturated carbocycles. The highest BCUT2D eigenvalue weighted by molar-refractivity contribution is 7.47. The van der Waals surface area contributed by atoms with Crippen molar-refractivity contribution >= 4 is 33.6 Å². The van der Waals surface area contributed by atoms with Crippen molar-refractivity contribution in [3.05, 3.63) is 109 Å². The summed E-state index contributed by atoms with van der Waals surface area (Å²) in [6, 6.07) is 0. The SMILES string of the molecule is CC/C=C\C/C=C\C/C=C\C/C=C\C/C=C\CCCCCCCCCCCCCCCCCCCCCC(=O)OCC(O)COP(=O)(O)OCC(O)COP(=O)(O)OCC(COC(=O)CCCCCCC/C=C\C/C=C\C/C=C\CC)OC(=O)CCCCCCC/C=C\CCCCCC. The van der Waals surface area contributed by atoms with E-state index in [1.54, 1.807) is 0 Å². The second kappa shape index (κ2) is 73.9. The molecule has 0 heterocycles. The van der Waals surface area contributed by atoms with Gasteiger partial charge in [-0.2, -0.15) is 0 Å². The number of phosphoric acid groups is 2. The minimum atomic E-state index is -4.93. The Bertz CT molecular complexity index is 2240. The van der Waals surface area contributed by atoms with Crippen molar-refractivity contribution in [2.45, 2.75) is 347 Å². The molecule has 0 saturated heterocycles. The van der Waals surface area contributed by atoms with Gasteiger partial charge in [0, 0.05) is 19.3 Å². The fourth-order valence-corrected chi connectivity index (χ4v) is 12.1. The molecule has 0 spiro atoms. The van der Waals surface area contributed by atoms with Gasteiger partial charge in [-0.3, -0.25) is 32.5 Å². The average molecular weight is 1430 g/mol. The van der Waals surface area contributed by atoms with Gasteiger partial charge in [0.15, 0.2) is 6.10 Å². The summed E-state index contributed by atoms with van der Waals surface area (Å²) >= 11 is 0. The summed E-state index contributed by atoms with van der Waals surface area (Å²) < 4.78 is 61.0. The Hall–Kier alpha value is -3.79. The van der Waals surface area contributed by atoms with Crippen LogP contribution in [0.15, 0.2) is 109 Å². The lowest BCUT2D eigenvalue weighted by atomic mass is 10.0. The maximum atomic E-state index is 12.9. The monoisotopic (exact) mass is 1430 g/mol. The molecule has 0 bridgehead atoms. The highest BCUT2D eigenvalue weighted by atomic mass is 31.2. The zero-order chi connectivity index (χ0) is 72.3. The zero-order valence-corrected chi connectivity index (χ0v) is 64.2. The molecule has 5 unspecified atom stereocenters. The van der Waals surface area contributed by atoms with Crippen molar-refractivity contribution < 1.29 is 75.8 Å². The number of carbonyl (C=O) groups excluding carboxylic acids is 3. The number of esters is 3. The molecule has 4 N–H and O–H groups in total. The summed E-state index contributed by atoms with van der Waals surface area (Å²) in [6.07, 6.45) is 86.0. The van der Waals surface area contributed by atoms with Gasteiger partial charge in [-0.05, 0) is 122 Å². The lowest BCUT2D eigenvalue weighted by Gasteiger charge is -2.21. The van der Waals surface area contributed by atoms with Gasteiger partial charge in [0.2, 0.25) is 0 Å². The van der Waals surface area contributed by atoms with Gasteiger partial charge >= 0.3 is 33.6 Å². The Morgan fingerprint density at radius 1 is 0.293 bits per heavy atom. The van der Waals surface area contributed by atoms with Crippen LogP contribution in [0.4, 0.5) is 0 Å². The molecule has 0 aromatic rings. The van der Waals surface area contributed by atoms with Gasteiger partial charge in [-0.25, -0.2) is 9.13 Å². The van der Waals surface area contributed by atoms with Crippen LogP contribution in [0.2, 0.25) is 0 Å². The van der Waals surface area contributed by atoms with Gasteiger partial charge in [0.05, 0.1) is 26.4 Å². The van der Waals surface area contributed by atoms with Crippen molar-refractivity contribution in [2.24, 2.45) is 0 Å². The van der Waals surface area contributed by atoms with Gasteiger partial charge in [0.1, 0.15) is 25.4 Å². The molecule has 0 aromatic heterocycles. The van der Waals surface area contributed by atoms with E-state index < -0.39 is 91.5 Å². The van der Waals surface area contributed by atoms with E-state index in [4.69, 9.17) is 32.3 Å². The minimum Gasteiger partial charge on any atom is -0.463 e. The highest BCUT2D eigenvalue weighted by Crippen LogP contribution is 2.45. The lowest BCUT2D eigenvalue weighted by Crippen LogP contribution is -2.30. The molecule has 0 amide bonds. The van der Waals surface area contributed by atoms with Crippen LogP contribution in [0.5, 0.6) is 0 Å². The second-order valence-electron chi connectivity index (χ2n) is 26.1. The summed E-state index contributed by atoms with van der Waals surface area (Å²) in [5.41, 5.74) is 0. The summed E-state index contributed by atoms with van der Waals surface area (Å²) in [6.45, 7) is 2.42. The number of carbonyl (C=O) groups is 3. The van der Waals surface area contributed by atoms with Gasteiger partial charge in [-0.1, -0.05) is 297 Å². The number of rotatable bonds is 74. The first-order valence-corrected chi connectivity index (χ1v) is 42.2. The normalized spacial score (nSPS) is 14.6. The largest absolute Gasteiger partial charge is 0.472 e. The lowest BCUT2D eigenvalue weighted by molar-refractivity contribution is -0.161. The third-order valence-corrected chi connectivity index (χ3v) is 18.4. The smallest absolute Gasteiger partial charge is 0.463 e. The van der Waals surface area contributed by atoms with Crippen LogP contribution < -0.4 is 0 Å². The van der Waals surface area contributed by atoms with Gasteiger partial charge < -0.3 is 34.2 Å². The fourth-order valence-electron chi connectivity index (χ4n) is 10.5. The number of hydrogen-bond acceptors (Lipinski definition) is 14. The quantitative estimate of drug-likeness (QED) is 0.0146. The zero-order valence-electron chi connectivity index (χ0n) is 62.4. The average Bonchev–Trinajstić information content (AvgIpc) is 1.09. The molecule has 0 aliphatic rings. The molecule has 0 fully saturated rings. The molecule has 16 nitrogen and oxygen atoms in total. The van der Waals surface area contributed by atoms with Crippen molar-refractivity contribution in [3.8, 4) is 0 Å². The molecular formula is C81H142O16P2. The summed E-state index contributed by atoms with van der Waals surface area (Å²) in [4.78, 5) is 58.5. The van der Waals surface area contributed by atoms with Crippen LogP contribution in [0.3, 0.4) is 0 Å². The van der Waals surface area contributed by atoms with Crippen molar-refractivity contribution in [1.29, 1.82) is 0 Å². The van der Waals surface area contributed by atoms with E-state index in [-0.39, 0.29) is 19.3 Å². The Kier molecular flexibility index (Phi) is 71.1. The minimum absolute atomic E-state index is 0.0910. The third kappa shape index (κ3) is 75.2. The molecule has 5 atom stereocenters. The van der Waals surface area contributed by atoms with Crippen LogP contribution in [-0.2, 0) is 55.8 Å². The van der Waals surface area contributed by atoms with E-state index >= 15 is 0 Å². The summed E-state index contributed by atoms with van der Waals surface area (Å²) in [7, 11) is -9.78. The molecule has 99 heavy (non-hydrogen) atoms. The first-order valence-electron chi connectivity index (χ1n) is 39.2. The van der Waals surface area contributed by atoms with Gasteiger partial charge in [0.25, 0.3) is 0 Å². The van der Waals surface area contributed by atoms with E-state index in [2.05, 4.69) is 130 Å². The number of aliphatic hydroxyl groups excluding tert-OH is 2. The molecule has 0 aliphatic carbocycles. The van der Waals surface area contributed by atoms with E-state index in [9.17, 15) is 43.5 Å². The standard InChI is InChI=1S/C81H142O16P2/c1-4-7-10-13-16-19-22-25-27-28-29-30-31-32-33-34-35-36-37-38-39-40-41-42-43-44-45-46-48-51-52-55-58-61-64-67-79(84)91-70-76(82)71-93-98(87,88)94-72-77(83)73-95-99(89,90)96-75-78(97-81(86)69-66-63-60-57-54-49-24-21-18-15-12-9-6-3)74-92-80(85)68-65-62-59-56-53-50-47-26-23-20-17-14-11-8-5-2/h7-8,10-11,16-17,19-21,24-27,29-30,32-33,47,76-78,82-83H,4-6,9,12-15,18,22-23,28,31,34-46,48-75H2,1-3H3,(H,87,88)(H,89,90)/b10-7-,11-8-,19-16-,20-17-,24-21-,27-25-,30-29-,33-32-,47-26-. The molecule has 0 radical (unpaired) electrons. The van der Waals surface area contributed by atoms with Crippen LogP contribution in [0.25, 0.3) is 0 Å². The Labute approximate surface area is 602 Å². The van der Waals surface area contributed by atoms with Crippen LogP contribution in [-0.4, -0.2) is 95.9 Å². The topological polar surface area (TPSA) is 231 Å². The van der Waals surface area contributed by atoms with Crippen LogP contribution in [0, 0.1) is 0 Å². The fraction of sp³-hybridized carbons (Fsp3) is 0.741. The molecule has 0 aliphatic heterocycles. The van der Waals surface area contributed by atoms with E-state index in [1.807, 2.05) is 0 Å². The molecule has 0 rings (SSSR count). The van der Waals surface area contributed by atoms with Gasteiger partial charge in [-0.15, -0.1) is 0 Å². The van der Waals surface area contributed by atoms with Crippen molar-refractivity contribution in [2.75, 3.05) is 39.6 Å². The number of aliphatic hydroxyl groups is 2. The Balaban J connectivity index is 4.32. The predicted octanol–water partition coefficient (Wildman–Crippen LogP) is 22.8. The van der Waals surface area contributed by atoms with E-state index in [0.717, 1.165) is 141 Å². The van der Waals surface area contributed by atoms with Crippen molar-refractivity contribution in [3.63, 3.8) is 0 Å². The summed E-state index contributed by atoms with van der Waals surface area (Å²) in [5, 5.41) is 20.6. The number of phosphoric ester groups is 2. The van der Waals surface area contributed by atoms with Crippen molar-refractivity contribution in [1.82, 2.24) is 0 Å². The van der Waals surface area contributed by atoms with E-state index in [0.29, 0.717) is 19.3 Å². The second-order valence-corrected chi connectivity index (χ2v) is 29.0. The Morgan fingerprint density at radius 3 is 0.859 bits per heavy atom. The first kappa shape index (κ1) is 95.2. The number of allylic oxidation sites excluding steroid dienone is 18. The first-order chi connectivity index (χ1) is 48.2.